The summed E-state index contributed by atoms with van der Waals surface area (Å²) in [6.07, 6.45) is -1.34. The van der Waals surface area contributed by atoms with E-state index in [9.17, 15) is 9.90 Å². The van der Waals surface area contributed by atoms with Crippen molar-refractivity contribution in [2.24, 2.45) is 4.99 Å². The van der Waals surface area contributed by atoms with Crippen LogP contribution in [0.4, 0.5) is 0 Å². The third-order valence-electron chi connectivity index (χ3n) is 7.06. The summed E-state index contributed by atoms with van der Waals surface area (Å²) in [6, 6.07) is 18.9. The Hall–Kier alpha value is -4.22. The van der Waals surface area contributed by atoms with Gasteiger partial charge in [0.25, 0.3) is 0 Å². The van der Waals surface area contributed by atoms with Gasteiger partial charge in [0.2, 0.25) is 11.8 Å². The molecule has 44 heavy (non-hydrogen) atoms. The minimum absolute atomic E-state index is 0.115. The summed E-state index contributed by atoms with van der Waals surface area (Å²) in [5.41, 5.74) is 5.65. The number of aromatic nitrogens is 2. The third kappa shape index (κ3) is 6.79. The lowest BCUT2D eigenvalue weighted by molar-refractivity contribution is -0.139. The number of nitrogens with zero attached hydrogens (tertiary/aromatic N) is 3. The molecular weight excluding hydrogens is 605 g/mol. The maximum atomic E-state index is 10.8. The highest BCUT2D eigenvalue weighted by molar-refractivity contribution is 6.39. The lowest BCUT2D eigenvalue weighted by Gasteiger charge is -2.16. The van der Waals surface area contributed by atoms with Crippen LogP contribution in [-0.2, 0) is 11.3 Å². The largest absolute Gasteiger partial charge is 0.481 e. The van der Waals surface area contributed by atoms with Crippen molar-refractivity contribution in [1.29, 1.82) is 0 Å². The Morgan fingerprint density at radius 3 is 2.05 bits per heavy atom. The zero-order valence-corrected chi connectivity index (χ0v) is 25.6. The molecule has 4 N–H and O–H groups in total. The summed E-state index contributed by atoms with van der Waals surface area (Å²) in [5.74, 6) is 0.529. The van der Waals surface area contributed by atoms with Crippen LogP contribution in [0.5, 0.6) is 11.8 Å². The Labute approximate surface area is 264 Å². The van der Waals surface area contributed by atoms with E-state index in [-0.39, 0.29) is 13.0 Å². The summed E-state index contributed by atoms with van der Waals surface area (Å²) in [5, 5.41) is 25.9. The molecule has 0 spiro atoms. The topological polar surface area (TPSA) is 138 Å². The van der Waals surface area contributed by atoms with Gasteiger partial charge in [0.15, 0.2) is 0 Å². The number of aliphatic hydroxyl groups is 1. The van der Waals surface area contributed by atoms with Gasteiger partial charge >= 0.3 is 5.97 Å². The summed E-state index contributed by atoms with van der Waals surface area (Å²) in [7, 11) is 3.10. The van der Waals surface area contributed by atoms with Crippen LogP contribution in [0.1, 0.15) is 17.5 Å². The van der Waals surface area contributed by atoms with Crippen molar-refractivity contribution >= 4 is 35.0 Å². The van der Waals surface area contributed by atoms with Crippen LogP contribution >= 0.6 is 23.2 Å². The molecule has 0 aliphatic carbocycles. The number of carbonyl (C=O) groups is 1. The van der Waals surface area contributed by atoms with Gasteiger partial charge in [-0.25, -0.2) is 9.97 Å². The van der Waals surface area contributed by atoms with E-state index in [1.165, 1.54) is 7.11 Å². The summed E-state index contributed by atoms with van der Waals surface area (Å²) >= 11 is 14.0. The van der Waals surface area contributed by atoms with Gasteiger partial charge < -0.3 is 30.3 Å². The first-order valence-corrected chi connectivity index (χ1v) is 14.6. The van der Waals surface area contributed by atoms with Crippen LogP contribution in [0.3, 0.4) is 0 Å². The number of rotatable bonds is 12. The fourth-order valence-electron chi connectivity index (χ4n) is 4.96. The molecule has 0 saturated heterocycles. The monoisotopic (exact) mass is 635 g/mol. The minimum atomic E-state index is -1.06. The molecule has 3 heterocycles. The van der Waals surface area contributed by atoms with E-state index in [2.05, 4.69) is 20.6 Å². The van der Waals surface area contributed by atoms with Crippen LogP contribution in [0.15, 0.2) is 65.7 Å². The highest BCUT2D eigenvalue weighted by Gasteiger charge is 2.20. The number of methoxy groups -OCH3 is 2. The number of hydrogen-bond donors (Lipinski definition) is 4. The van der Waals surface area contributed by atoms with Crippen LogP contribution in [0, 0.1) is 0 Å². The number of benzene rings is 2. The second-order valence-corrected chi connectivity index (χ2v) is 10.7. The Kier molecular flexibility index (Phi) is 9.96. The number of halogens is 2. The zero-order chi connectivity index (χ0) is 31.2. The molecule has 0 radical (unpaired) electrons. The van der Waals surface area contributed by atoms with Crippen LogP contribution in [0.25, 0.3) is 33.6 Å². The van der Waals surface area contributed by atoms with Gasteiger partial charge in [-0.15, -0.1) is 0 Å². The Morgan fingerprint density at radius 1 is 0.886 bits per heavy atom. The normalized spacial score (nSPS) is 13.2. The van der Waals surface area contributed by atoms with E-state index < -0.39 is 12.1 Å². The Bertz CT molecular complexity index is 1710. The number of carboxylic acids is 1. The summed E-state index contributed by atoms with van der Waals surface area (Å²) in [4.78, 5) is 24.7. The number of aliphatic carboxylic acids is 1. The number of aliphatic hydroxyl groups excluding tert-OH is 1. The van der Waals surface area contributed by atoms with Crippen molar-refractivity contribution in [3.8, 4) is 45.4 Å². The Morgan fingerprint density at radius 2 is 1.48 bits per heavy atom. The Balaban J connectivity index is 1.43. The molecule has 1 aliphatic rings. The minimum Gasteiger partial charge on any atom is -0.481 e. The molecular formula is C32H31Cl2N5O5. The SMILES string of the molecule is COc1nc(-c2cccc(-c3cccc(-c4ccc(C5=NCCN5)c(OC)n4)c3Cl)c2Cl)ccc1CNC[C@@H](O)CC(=O)O. The van der Waals surface area contributed by atoms with Crippen molar-refractivity contribution in [2.75, 3.05) is 33.9 Å². The van der Waals surface area contributed by atoms with Gasteiger partial charge in [0.05, 0.1) is 60.3 Å². The molecule has 2 aromatic heterocycles. The van der Waals surface area contributed by atoms with Gasteiger partial charge in [-0.05, 0) is 18.2 Å². The number of nitrogens with one attached hydrogen (secondary N) is 2. The predicted molar refractivity (Wildman–Crippen MR) is 171 cm³/mol. The summed E-state index contributed by atoms with van der Waals surface area (Å²) < 4.78 is 11.1. The lowest BCUT2D eigenvalue weighted by atomic mass is 9.98. The molecule has 0 bridgehead atoms. The first kappa shape index (κ1) is 31.2. The molecule has 1 aliphatic heterocycles. The smallest absolute Gasteiger partial charge is 0.306 e. The molecule has 228 valence electrons. The van der Waals surface area contributed by atoms with E-state index in [1.807, 2.05) is 60.7 Å². The zero-order valence-electron chi connectivity index (χ0n) is 24.1. The summed E-state index contributed by atoms with van der Waals surface area (Å²) in [6.45, 7) is 1.93. The number of aliphatic imine (C=N–C) groups is 1. The second kappa shape index (κ2) is 14.0. The average molecular weight is 637 g/mol. The number of hydrogen-bond acceptors (Lipinski definition) is 9. The van der Waals surface area contributed by atoms with E-state index in [4.69, 9.17) is 42.8 Å². The molecule has 2 aromatic carbocycles. The fourth-order valence-corrected chi connectivity index (χ4v) is 5.61. The standard InChI is InChI=1S/C32H31Cl2N5O5/c1-43-31-18(16-35-17-19(40)15-27(41)42)9-11-25(38-31)22-7-3-5-20(28(22)33)21-6-4-8-23(29(21)34)26-12-10-24(32(39-26)44-2)30-36-13-14-37-30/h3-12,19,35,40H,13-17H2,1-2H3,(H,36,37)(H,41,42)/t19-/m0/s1. The van der Waals surface area contributed by atoms with Crippen molar-refractivity contribution < 1.29 is 24.5 Å². The molecule has 10 nitrogen and oxygen atoms in total. The van der Waals surface area contributed by atoms with E-state index in [0.29, 0.717) is 51.8 Å². The first-order chi connectivity index (χ1) is 21.3. The molecule has 5 rings (SSSR count). The number of amidine groups is 1. The molecule has 0 saturated carbocycles. The maximum Gasteiger partial charge on any atom is 0.306 e. The van der Waals surface area contributed by atoms with Crippen LogP contribution in [-0.4, -0.2) is 71.9 Å². The first-order valence-electron chi connectivity index (χ1n) is 13.9. The van der Waals surface area contributed by atoms with E-state index in [0.717, 1.165) is 40.2 Å². The van der Waals surface area contributed by atoms with Gasteiger partial charge in [0.1, 0.15) is 5.84 Å². The predicted octanol–water partition coefficient (Wildman–Crippen LogP) is 5.08. The molecule has 0 amide bonds. The molecule has 0 unspecified atom stereocenters. The highest BCUT2D eigenvalue weighted by Crippen LogP contribution is 2.42. The highest BCUT2D eigenvalue weighted by atomic mass is 35.5. The molecule has 0 fully saturated rings. The van der Waals surface area contributed by atoms with Crippen LogP contribution in [0.2, 0.25) is 10.0 Å². The molecule has 4 aromatic rings. The molecule has 1 atom stereocenters. The number of pyridine rings is 2. The van der Waals surface area contributed by atoms with Crippen molar-refractivity contribution in [3.63, 3.8) is 0 Å². The van der Waals surface area contributed by atoms with Crippen molar-refractivity contribution in [2.45, 2.75) is 19.1 Å². The van der Waals surface area contributed by atoms with Crippen LogP contribution < -0.4 is 20.1 Å². The van der Waals surface area contributed by atoms with Gasteiger partial charge in [-0.3, -0.25) is 9.79 Å². The van der Waals surface area contributed by atoms with Gasteiger partial charge in [-0.2, -0.15) is 0 Å². The lowest BCUT2D eigenvalue weighted by Crippen LogP contribution is -2.28. The maximum absolute atomic E-state index is 10.8. The van der Waals surface area contributed by atoms with Gasteiger partial charge in [-0.1, -0.05) is 65.7 Å². The molecule has 12 heteroatoms. The average Bonchev–Trinajstić information content (AvgIpc) is 3.56. The second-order valence-electron chi connectivity index (χ2n) is 9.99. The quantitative estimate of drug-likeness (QED) is 0.168. The number of ether oxygens (including phenoxy) is 2. The van der Waals surface area contributed by atoms with E-state index in [1.54, 1.807) is 7.11 Å². The fraction of sp³-hybridized carbons (Fsp3) is 0.250. The van der Waals surface area contributed by atoms with E-state index >= 15 is 0 Å². The third-order valence-corrected chi connectivity index (χ3v) is 7.87. The van der Waals surface area contributed by atoms with Gasteiger partial charge in [0, 0.05) is 47.5 Å². The van der Waals surface area contributed by atoms with Crippen molar-refractivity contribution in [3.05, 3.63) is 81.8 Å². The van der Waals surface area contributed by atoms with Crippen molar-refractivity contribution in [1.82, 2.24) is 20.6 Å². The number of carboxylic acid groups (broad SMARTS) is 1.